The summed E-state index contributed by atoms with van der Waals surface area (Å²) in [4.78, 5) is 0. The maximum absolute atomic E-state index is 5.31. The van der Waals surface area contributed by atoms with Gasteiger partial charge in [0.2, 0.25) is 0 Å². The van der Waals surface area contributed by atoms with Crippen LogP contribution < -0.4 is 0 Å². The number of hydrogen-bond donors (Lipinski definition) is 0. The molecule has 0 saturated heterocycles. The summed E-state index contributed by atoms with van der Waals surface area (Å²) in [7, 11) is 3.33. The van der Waals surface area contributed by atoms with Gasteiger partial charge in [-0.15, -0.1) is 0 Å². The van der Waals surface area contributed by atoms with Crippen molar-refractivity contribution >= 4 is 6.08 Å². The summed E-state index contributed by atoms with van der Waals surface area (Å²) in [5, 5.41) is 0. The van der Waals surface area contributed by atoms with Crippen LogP contribution in [0.3, 0.4) is 0 Å². The van der Waals surface area contributed by atoms with Crippen molar-refractivity contribution in [1.82, 2.24) is 0 Å². The molecule has 0 spiro atoms. The zero-order chi connectivity index (χ0) is 13.2. The van der Waals surface area contributed by atoms with Gasteiger partial charge in [-0.3, -0.25) is 0 Å². The van der Waals surface area contributed by atoms with E-state index in [0.29, 0.717) is 0 Å². The largest absolute Gasteiger partial charge is 0.352 e. The molecule has 2 nitrogen and oxygen atoms in total. The molecule has 0 radical (unpaired) electrons. The van der Waals surface area contributed by atoms with Gasteiger partial charge < -0.3 is 9.47 Å². The second-order valence-corrected chi connectivity index (χ2v) is 4.33. The van der Waals surface area contributed by atoms with Crippen molar-refractivity contribution < 1.29 is 9.47 Å². The highest BCUT2D eigenvalue weighted by Crippen LogP contribution is 2.22. The zero-order valence-corrected chi connectivity index (χ0v) is 11.7. The summed E-state index contributed by atoms with van der Waals surface area (Å²) in [6.07, 6.45) is 9.05. The van der Waals surface area contributed by atoms with Crippen molar-refractivity contribution in [3.63, 3.8) is 0 Å². The topological polar surface area (TPSA) is 18.5 Å². The van der Waals surface area contributed by atoms with Crippen molar-refractivity contribution in [3.05, 3.63) is 41.5 Å². The molecule has 0 aliphatic carbocycles. The summed E-state index contributed by atoms with van der Waals surface area (Å²) in [6, 6.07) is 8.19. The fraction of sp³-hybridized carbons (Fsp3) is 0.500. The SMILES string of the molecule is CCCCCC=Cc1ccccc1C(OC)OC. The summed E-state index contributed by atoms with van der Waals surface area (Å²) in [6.45, 7) is 2.22. The minimum absolute atomic E-state index is 0.290. The van der Waals surface area contributed by atoms with Crippen LogP contribution in [0.25, 0.3) is 6.08 Å². The van der Waals surface area contributed by atoms with Gasteiger partial charge in [-0.2, -0.15) is 0 Å². The molecule has 0 bridgehead atoms. The van der Waals surface area contributed by atoms with E-state index in [1.807, 2.05) is 18.2 Å². The molecule has 1 rings (SSSR count). The highest BCUT2D eigenvalue weighted by Gasteiger charge is 2.11. The first-order chi connectivity index (χ1) is 8.83. The number of hydrogen-bond acceptors (Lipinski definition) is 2. The fourth-order valence-electron chi connectivity index (χ4n) is 1.95. The van der Waals surface area contributed by atoms with Crippen LogP contribution in [0, 0.1) is 0 Å². The van der Waals surface area contributed by atoms with Crippen molar-refractivity contribution in [2.75, 3.05) is 14.2 Å². The number of allylic oxidation sites excluding steroid dienone is 1. The minimum Gasteiger partial charge on any atom is -0.352 e. The first kappa shape index (κ1) is 14.9. The van der Waals surface area contributed by atoms with E-state index in [9.17, 15) is 0 Å². The molecular formula is C16H24O2. The smallest absolute Gasteiger partial charge is 0.183 e. The average molecular weight is 248 g/mol. The van der Waals surface area contributed by atoms with Crippen LogP contribution >= 0.6 is 0 Å². The van der Waals surface area contributed by atoms with Crippen molar-refractivity contribution in [3.8, 4) is 0 Å². The van der Waals surface area contributed by atoms with Gasteiger partial charge in [-0.1, -0.05) is 56.2 Å². The predicted molar refractivity (Wildman–Crippen MR) is 76.4 cm³/mol. The van der Waals surface area contributed by atoms with Gasteiger partial charge in [0.1, 0.15) is 0 Å². The van der Waals surface area contributed by atoms with Gasteiger partial charge in [-0.05, 0) is 18.4 Å². The quantitative estimate of drug-likeness (QED) is 0.495. The summed E-state index contributed by atoms with van der Waals surface area (Å²) >= 11 is 0. The van der Waals surface area contributed by atoms with Crippen molar-refractivity contribution in [2.24, 2.45) is 0 Å². The Morgan fingerprint density at radius 2 is 1.83 bits per heavy atom. The second kappa shape index (κ2) is 8.90. The lowest BCUT2D eigenvalue weighted by Crippen LogP contribution is -2.05. The fourth-order valence-corrected chi connectivity index (χ4v) is 1.95. The van der Waals surface area contributed by atoms with Crippen molar-refractivity contribution in [1.29, 1.82) is 0 Å². The molecule has 0 aromatic heterocycles. The Morgan fingerprint density at radius 1 is 1.11 bits per heavy atom. The summed E-state index contributed by atoms with van der Waals surface area (Å²) in [5.74, 6) is 0. The Morgan fingerprint density at radius 3 is 2.50 bits per heavy atom. The molecule has 0 atom stereocenters. The van der Waals surface area contributed by atoms with E-state index >= 15 is 0 Å². The van der Waals surface area contributed by atoms with Gasteiger partial charge in [0.05, 0.1) is 0 Å². The molecule has 18 heavy (non-hydrogen) atoms. The second-order valence-electron chi connectivity index (χ2n) is 4.33. The zero-order valence-electron chi connectivity index (χ0n) is 11.7. The summed E-state index contributed by atoms with van der Waals surface area (Å²) < 4.78 is 10.6. The Kier molecular flexibility index (Phi) is 7.38. The van der Waals surface area contributed by atoms with Crippen LogP contribution in [0.4, 0.5) is 0 Å². The third-order valence-corrected chi connectivity index (χ3v) is 2.95. The standard InChI is InChI=1S/C16H24O2/c1-4-5-6-7-8-11-14-12-9-10-13-15(14)16(17-2)18-3/h8-13,16H,4-7H2,1-3H3. The molecule has 0 fully saturated rings. The van der Waals surface area contributed by atoms with Gasteiger partial charge in [0.25, 0.3) is 0 Å². The highest BCUT2D eigenvalue weighted by atomic mass is 16.7. The van der Waals surface area contributed by atoms with Gasteiger partial charge >= 0.3 is 0 Å². The maximum atomic E-state index is 5.31. The molecule has 0 unspecified atom stereocenters. The van der Waals surface area contributed by atoms with Crippen LogP contribution in [-0.2, 0) is 9.47 Å². The number of methoxy groups -OCH3 is 2. The molecule has 0 N–H and O–H groups in total. The van der Waals surface area contributed by atoms with E-state index in [0.717, 1.165) is 12.0 Å². The average Bonchev–Trinajstić information content (AvgIpc) is 2.41. The Labute approximate surface area is 111 Å². The van der Waals surface area contributed by atoms with E-state index < -0.39 is 0 Å². The lowest BCUT2D eigenvalue weighted by atomic mass is 10.1. The molecule has 0 saturated carbocycles. The third-order valence-electron chi connectivity index (χ3n) is 2.95. The molecule has 1 aromatic rings. The Bertz CT molecular complexity index is 354. The molecule has 0 aliphatic rings. The minimum atomic E-state index is -0.290. The lowest BCUT2D eigenvalue weighted by molar-refractivity contribution is -0.106. The molecule has 100 valence electrons. The lowest BCUT2D eigenvalue weighted by Gasteiger charge is -2.15. The van der Waals surface area contributed by atoms with E-state index in [2.05, 4.69) is 25.1 Å². The Balaban J connectivity index is 2.69. The van der Waals surface area contributed by atoms with Crippen LogP contribution in [0.15, 0.2) is 30.3 Å². The maximum Gasteiger partial charge on any atom is 0.183 e. The normalized spacial score (nSPS) is 11.6. The van der Waals surface area contributed by atoms with E-state index in [-0.39, 0.29) is 6.29 Å². The summed E-state index contributed by atoms with van der Waals surface area (Å²) in [5.41, 5.74) is 2.25. The van der Waals surface area contributed by atoms with Crippen LogP contribution in [0.5, 0.6) is 0 Å². The monoisotopic (exact) mass is 248 g/mol. The first-order valence-electron chi connectivity index (χ1n) is 6.64. The van der Waals surface area contributed by atoms with Gasteiger partial charge in [0.15, 0.2) is 6.29 Å². The van der Waals surface area contributed by atoms with E-state index in [1.165, 1.54) is 24.8 Å². The Hall–Kier alpha value is -1.12. The van der Waals surface area contributed by atoms with Crippen molar-refractivity contribution in [2.45, 2.75) is 38.9 Å². The van der Waals surface area contributed by atoms with Gasteiger partial charge in [0, 0.05) is 19.8 Å². The molecule has 0 heterocycles. The number of ether oxygens (including phenoxy) is 2. The van der Waals surface area contributed by atoms with Crippen LogP contribution in [0.1, 0.15) is 50.0 Å². The third kappa shape index (κ3) is 4.63. The molecule has 0 amide bonds. The first-order valence-corrected chi connectivity index (χ1v) is 6.64. The molecule has 1 aromatic carbocycles. The van der Waals surface area contributed by atoms with E-state index in [4.69, 9.17) is 9.47 Å². The predicted octanol–water partition coefficient (Wildman–Crippen LogP) is 4.57. The van der Waals surface area contributed by atoms with E-state index in [1.54, 1.807) is 14.2 Å². The van der Waals surface area contributed by atoms with Crippen LogP contribution in [-0.4, -0.2) is 14.2 Å². The number of rotatable bonds is 8. The number of unbranched alkanes of at least 4 members (excludes halogenated alkanes) is 3. The number of benzene rings is 1. The highest BCUT2D eigenvalue weighted by molar-refractivity contribution is 5.54. The molecule has 0 aliphatic heterocycles. The van der Waals surface area contributed by atoms with Crippen LogP contribution in [0.2, 0.25) is 0 Å². The van der Waals surface area contributed by atoms with Gasteiger partial charge in [-0.25, -0.2) is 0 Å². The molecule has 2 heteroatoms. The molecular weight excluding hydrogens is 224 g/mol.